The lowest BCUT2D eigenvalue weighted by molar-refractivity contribution is -0.142. The first kappa shape index (κ1) is 30.7. The number of nitrogens with one attached hydrogen (secondary N) is 3. The second-order valence-electron chi connectivity index (χ2n) is 11.5. The van der Waals surface area contributed by atoms with Crippen molar-refractivity contribution < 1.29 is 27.6 Å². The van der Waals surface area contributed by atoms with Crippen molar-refractivity contribution in [2.24, 2.45) is 17.1 Å². The van der Waals surface area contributed by atoms with Crippen molar-refractivity contribution in [1.29, 1.82) is 0 Å². The fourth-order valence-corrected chi connectivity index (χ4v) is 9.94. The molecule has 0 aliphatic carbocycles. The quantitative estimate of drug-likeness (QED) is 0.316. The van der Waals surface area contributed by atoms with Gasteiger partial charge in [-0.3, -0.25) is 19.2 Å². The number of nitrogens with two attached hydrogens (primary N) is 1. The highest BCUT2D eigenvalue weighted by atomic mass is 32.2. The summed E-state index contributed by atoms with van der Waals surface area (Å²) in [5, 5.41) is 5.42. The molecule has 0 bridgehead atoms. The second kappa shape index (κ2) is 11.9. The van der Waals surface area contributed by atoms with Crippen LogP contribution in [0.15, 0.2) is 35.2 Å². The van der Waals surface area contributed by atoms with Gasteiger partial charge in [0.05, 0.1) is 8.97 Å². The van der Waals surface area contributed by atoms with Crippen LogP contribution in [0.2, 0.25) is 0 Å². The van der Waals surface area contributed by atoms with Gasteiger partial charge in [0.15, 0.2) is 0 Å². The molecule has 1 spiro atoms. The Kier molecular flexibility index (Phi) is 9.13. The van der Waals surface area contributed by atoms with Gasteiger partial charge in [-0.2, -0.15) is 4.72 Å². The van der Waals surface area contributed by atoms with E-state index in [0.717, 1.165) is 11.5 Å². The number of hydrogen-bond acceptors (Lipinski definition) is 8. The summed E-state index contributed by atoms with van der Waals surface area (Å²) in [4.78, 5) is 53.6. The number of rotatable bonds is 9. The number of thioether (sulfide) groups is 2. The summed E-state index contributed by atoms with van der Waals surface area (Å²) in [6, 6.07) is 4.64. The highest BCUT2D eigenvalue weighted by Crippen LogP contribution is 2.52. The normalized spacial score (nSPS) is 24.1. The zero-order valence-electron chi connectivity index (χ0n) is 22.8. The van der Waals surface area contributed by atoms with Crippen LogP contribution >= 0.6 is 23.5 Å². The van der Waals surface area contributed by atoms with E-state index in [9.17, 15) is 27.6 Å². The van der Waals surface area contributed by atoms with Gasteiger partial charge >= 0.3 is 0 Å². The number of likely N-dealkylation sites (tertiary alicyclic amines) is 1. The van der Waals surface area contributed by atoms with Crippen LogP contribution in [0.25, 0.3) is 0 Å². The molecule has 4 amide bonds. The van der Waals surface area contributed by atoms with Gasteiger partial charge in [-0.05, 0) is 30.4 Å². The van der Waals surface area contributed by atoms with E-state index in [1.54, 1.807) is 62.5 Å². The first-order chi connectivity index (χ1) is 18.7. The highest BCUT2D eigenvalue weighted by molar-refractivity contribution is 8.21. The molecule has 0 radical (unpaired) electrons. The molecular weight excluding hydrogens is 575 g/mol. The summed E-state index contributed by atoms with van der Waals surface area (Å²) in [7, 11) is -4.04. The van der Waals surface area contributed by atoms with Crippen LogP contribution in [0, 0.1) is 11.3 Å². The number of carbonyl (C=O) groups excluding carboxylic acids is 4. The van der Waals surface area contributed by atoms with Gasteiger partial charge in [0.25, 0.3) is 0 Å². The maximum atomic E-state index is 14.2. The van der Waals surface area contributed by atoms with E-state index in [0.29, 0.717) is 19.4 Å². The molecule has 1 aromatic rings. The standard InChI is InChI=1S/C26H37N5O6S3/c1-25(2,3)20(30-40(36,37)17-7-5-4-6-8-17)24(35)31-15-26(38-11-12-39-26)14-19(31)23(34)29-18(21(27)32)13-16-9-10-28-22(16)33/h4-8,16,18-20,30H,9-15H2,1-3H3,(H2,27,32)(H,28,33)(H,29,34)/t16-,18-,19-,20+/m0/s1. The van der Waals surface area contributed by atoms with Crippen LogP contribution in [-0.2, 0) is 29.2 Å². The zero-order valence-corrected chi connectivity index (χ0v) is 25.3. The number of sulfonamides is 1. The highest BCUT2D eigenvalue weighted by Gasteiger charge is 2.53. The minimum Gasteiger partial charge on any atom is -0.368 e. The number of carbonyl (C=O) groups is 4. The molecule has 3 saturated heterocycles. The number of benzene rings is 1. The van der Waals surface area contributed by atoms with Crippen molar-refractivity contribution in [1.82, 2.24) is 20.3 Å². The van der Waals surface area contributed by atoms with Crippen molar-refractivity contribution in [3.05, 3.63) is 30.3 Å². The average molecular weight is 612 g/mol. The fourth-order valence-electron chi connectivity index (χ4n) is 5.27. The molecular formula is C26H37N5O6S3. The molecule has 220 valence electrons. The van der Waals surface area contributed by atoms with Crippen LogP contribution < -0.4 is 21.1 Å². The lowest BCUT2D eigenvalue weighted by Gasteiger charge is -2.35. The molecule has 3 heterocycles. The van der Waals surface area contributed by atoms with Crippen molar-refractivity contribution in [3.63, 3.8) is 0 Å². The van der Waals surface area contributed by atoms with E-state index in [4.69, 9.17) is 5.73 Å². The number of hydrogen-bond donors (Lipinski definition) is 4. The Morgan fingerprint density at radius 3 is 2.38 bits per heavy atom. The van der Waals surface area contributed by atoms with Gasteiger partial charge in [-0.15, -0.1) is 23.5 Å². The van der Waals surface area contributed by atoms with Gasteiger partial charge in [0, 0.05) is 36.9 Å². The van der Waals surface area contributed by atoms with E-state index in [-0.39, 0.29) is 23.8 Å². The van der Waals surface area contributed by atoms with E-state index in [1.165, 1.54) is 17.0 Å². The van der Waals surface area contributed by atoms with Crippen molar-refractivity contribution >= 4 is 57.2 Å². The molecule has 0 aromatic heterocycles. The van der Waals surface area contributed by atoms with Crippen molar-refractivity contribution in [3.8, 4) is 0 Å². The molecule has 4 atom stereocenters. The molecule has 3 aliphatic heterocycles. The van der Waals surface area contributed by atoms with E-state index >= 15 is 0 Å². The summed E-state index contributed by atoms with van der Waals surface area (Å²) in [6.45, 7) is 6.04. The first-order valence-electron chi connectivity index (χ1n) is 13.3. The molecule has 3 aliphatic rings. The summed E-state index contributed by atoms with van der Waals surface area (Å²) < 4.78 is 28.6. The second-order valence-corrected chi connectivity index (χ2v) is 16.4. The van der Waals surface area contributed by atoms with Crippen LogP contribution in [-0.4, -0.2) is 83.7 Å². The van der Waals surface area contributed by atoms with E-state index in [2.05, 4.69) is 15.4 Å². The molecule has 3 fully saturated rings. The minimum atomic E-state index is -4.04. The van der Waals surface area contributed by atoms with E-state index < -0.39 is 61.3 Å². The van der Waals surface area contributed by atoms with Crippen LogP contribution in [0.5, 0.6) is 0 Å². The maximum absolute atomic E-state index is 14.2. The third kappa shape index (κ3) is 6.77. The number of amides is 4. The molecule has 40 heavy (non-hydrogen) atoms. The summed E-state index contributed by atoms with van der Waals surface area (Å²) in [6.07, 6.45) is 0.957. The largest absolute Gasteiger partial charge is 0.368 e. The Bertz CT molecular complexity index is 1250. The van der Waals surface area contributed by atoms with Gasteiger partial charge in [0.2, 0.25) is 33.7 Å². The van der Waals surface area contributed by atoms with Gasteiger partial charge in [-0.1, -0.05) is 39.0 Å². The Labute approximate surface area is 243 Å². The molecule has 1 aromatic carbocycles. The first-order valence-corrected chi connectivity index (χ1v) is 16.7. The Morgan fingerprint density at radius 1 is 1.18 bits per heavy atom. The molecule has 0 saturated carbocycles. The number of primary amides is 1. The third-order valence-electron chi connectivity index (χ3n) is 7.47. The third-order valence-corrected chi connectivity index (χ3v) is 12.3. The van der Waals surface area contributed by atoms with Gasteiger partial charge < -0.3 is 21.3 Å². The monoisotopic (exact) mass is 611 g/mol. The lowest BCUT2D eigenvalue weighted by Crippen LogP contribution is -2.59. The molecule has 4 rings (SSSR count). The van der Waals surface area contributed by atoms with Crippen LogP contribution in [0.3, 0.4) is 0 Å². The van der Waals surface area contributed by atoms with Crippen LogP contribution in [0.1, 0.15) is 40.0 Å². The Balaban J connectivity index is 1.59. The van der Waals surface area contributed by atoms with Gasteiger partial charge in [0.1, 0.15) is 18.1 Å². The lowest BCUT2D eigenvalue weighted by atomic mass is 9.86. The molecule has 11 nitrogen and oxygen atoms in total. The number of nitrogens with zero attached hydrogens (tertiary/aromatic N) is 1. The smallest absolute Gasteiger partial charge is 0.243 e. The fraction of sp³-hybridized carbons (Fsp3) is 0.615. The zero-order chi connectivity index (χ0) is 29.3. The topological polar surface area (TPSA) is 168 Å². The summed E-state index contributed by atoms with van der Waals surface area (Å²) in [5.74, 6) is -0.706. The summed E-state index contributed by atoms with van der Waals surface area (Å²) in [5.41, 5.74) is 4.77. The molecule has 5 N–H and O–H groups in total. The minimum absolute atomic E-state index is 0.0337. The maximum Gasteiger partial charge on any atom is 0.243 e. The predicted molar refractivity (Wildman–Crippen MR) is 155 cm³/mol. The Morgan fingerprint density at radius 2 is 1.82 bits per heavy atom. The molecule has 14 heteroatoms. The van der Waals surface area contributed by atoms with Crippen LogP contribution in [0.4, 0.5) is 0 Å². The molecule has 0 unspecified atom stereocenters. The predicted octanol–water partition coefficient (Wildman–Crippen LogP) is 0.653. The van der Waals surface area contributed by atoms with Crippen molar-refractivity contribution in [2.45, 2.75) is 67.1 Å². The Hall–Kier alpha value is -2.29. The van der Waals surface area contributed by atoms with E-state index in [1.807, 2.05) is 0 Å². The van der Waals surface area contributed by atoms with Gasteiger partial charge in [-0.25, -0.2) is 8.42 Å². The SMILES string of the molecule is CC(C)(C)[C@H](NS(=O)(=O)c1ccccc1)C(=O)N1CC2(C[C@H]1C(=O)N[C@@H](C[C@@H]1CCNC1=O)C(N)=O)SCCS2. The summed E-state index contributed by atoms with van der Waals surface area (Å²) >= 11 is 3.36. The van der Waals surface area contributed by atoms with Crippen molar-refractivity contribution in [2.75, 3.05) is 24.6 Å². The average Bonchev–Trinajstić information content (AvgIpc) is 3.62.